The lowest BCUT2D eigenvalue weighted by atomic mass is 9.92. The minimum absolute atomic E-state index is 0.413. The first kappa shape index (κ1) is 13.3. The second-order valence-electron chi connectivity index (χ2n) is 4.68. The number of rotatable bonds is 5. The molecule has 2 heteroatoms. The average molecular weight is 259 g/mol. The lowest BCUT2D eigenvalue weighted by Crippen LogP contribution is -2.24. The molecule has 1 heterocycles. The molecule has 96 valence electrons. The van der Waals surface area contributed by atoms with Crippen molar-refractivity contribution in [2.75, 3.05) is 6.54 Å². The fourth-order valence-corrected chi connectivity index (χ4v) is 3.37. The van der Waals surface area contributed by atoms with Crippen LogP contribution in [0.4, 0.5) is 0 Å². The molecule has 0 fully saturated rings. The average Bonchev–Trinajstić information content (AvgIpc) is 2.82. The molecule has 0 aliphatic heterocycles. The summed E-state index contributed by atoms with van der Waals surface area (Å²) in [5, 5.41) is 3.62. The van der Waals surface area contributed by atoms with E-state index in [-0.39, 0.29) is 0 Å². The van der Waals surface area contributed by atoms with Crippen molar-refractivity contribution < 1.29 is 0 Å². The van der Waals surface area contributed by atoms with Gasteiger partial charge in [-0.25, -0.2) is 0 Å². The highest BCUT2D eigenvalue weighted by Crippen LogP contribution is 2.34. The molecule has 0 aliphatic rings. The van der Waals surface area contributed by atoms with Crippen LogP contribution in [-0.4, -0.2) is 6.54 Å². The van der Waals surface area contributed by atoms with Crippen LogP contribution in [0.1, 0.15) is 41.1 Å². The number of nitrogens with one attached hydrogen (secondary N) is 1. The number of aryl methyl sites for hydroxylation is 1. The van der Waals surface area contributed by atoms with Crippen molar-refractivity contribution in [2.45, 2.75) is 32.7 Å². The van der Waals surface area contributed by atoms with Gasteiger partial charge >= 0.3 is 0 Å². The van der Waals surface area contributed by atoms with Gasteiger partial charge in [0.2, 0.25) is 0 Å². The number of thiophene rings is 1. The van der Waals surface area contributed by atoms with E-state index in [4.69, 9.17) is 0 Å². The Kier molecular flexibility index (Phi) is 4.56. The van der Waals surface area contributed by atoms with E-state index < -0.39 is 0 Å². The molecular weight excluding hydrogens is 238 g/mol. The van der Waals surface area contributed by atoms with E-state index in [0.29, 0.717) is 12.0 Å². The third-order valence-corrected chi connectivity index (χ3v) is 4.40. The van der Waals surface area contributed by atoms with Gasteiger partial charge in [-0.2, -0.15) is 0 Å². The number of benzene rings is 1. The van der Waals surface area contributed by atoms with Crippen LogP contribution in [0.25, 0.3) is 0 Å². The fraction of sp³-hybridized carbons (Fsp3) is 0.375. The third kappa shape index (κ3) is 3.01. The highest BCUT2D eigenvalue weighted by atomic mass is 32.1. The Hall–Kier alpha value is -1.12. The van der Waals surface area contributed by atoms with E-state index in [1.165, 1.54) is 15.3 Å². The molecule has 18 heavy (non-hydrogen) atoms. The van der Waals surface area contributed by atoms with E-state index in [1.54, 1.807) is 0 Å². The van der Waals surface area contributed by atoms with Crippen molar-refractivity contribution >= 4 is 11.3 Å². The third-order valence-electron chi connectivity index (χ3n) is 3.32. The highest BCUT2D eigenvalue weighted by Gasteiger charge is 2.20. The Labute approximate surface area is 114 Å². The largest absolute Gasteiger partial charge is 0.309 e. The lowest BCUT2D eigenvalue weighted by Gasteiger charge is -2.24. The monoisotopic (exact) mass is 259 g/mol. The predicted octanol–water partition coefficient (Wildman–Crippen LogP) is 4.51. The lowest BCUT2D eigenvalue weighted by molar-refractivity contribution is 0.486. The molecule has 0 aliphatic carbocycles. The summed E-state index contributed by atoms with van der Waals surface area (Å²) < 4.78 is 0. The molecule has 0 saturated carbocycles. The molecule has 1 nitrogen and oxygen atoms in total. The Morgan fingerprint density at radius 1 is 1.11 bits per heavy atom. The van der Waals surface area contributed by atoms with Crippen molar-refractivity contribution in [3.05, 3.63) is 57.8 Å². The van der Waals surface area contributed by atoms with Gasteiger partial charge in [0.25, 0.3) is 0 Å². The van der Waals surface area contributed by atoms with Crippen molar-refractivity contribution in [3.8, 4) is 0 Å². The Morgan fingerprint density at radius 3 is 2.39 bits per heavy atom. The zero-order valence-electron chi connectivity index (χ0n) is 11.3. The van der Waals surface area contributed by atoms with Gasteiger partial charge in [-0.1, -0.05) is 44.2 Å². The first-order chi connectivity index (χ1) is 8.72. The molecule has 2 rings (SSSR count). The zero-order chi connectivity index (χ0) is 13.0. The molecule has 0 bridgehead atoms. The summed E-state index contributed by atoms with van der Waals surface area (Å²) in [5.74, 6) is 0.490. The first-order valence-electron chi connectivity index (χ1n) is 6.57. The van der Waals surface area contributed by atoms with E-state index in [1.807, 2.05) is 11.3 Å². The molecule has 2 aromatic rings. The first-order valence-corrected chi connectivity index (χ1v) is 7.38. The zero-order valence-corrected chi connectivity index (χ0v) is 12.1. The summed E-state index contributed by atoms with van der Waals surface area (Å²) in [6.07, 6.45) is 0. The maximum Gasteiger partial charge on any atom is 0.0481 e. The summed E-state index contributed by atoms with van der Waals surface area (Å²) in [6.45, 7) is 7.64. The number of likely N-dealkylation sites (N-methyl/N-ethyl adjacent to an activating group) is 1. The van der Waals surface area contributed by atoms with Crippen LogP contribution in [0.5, 0.6) is 0 Å². The topological polar surface area (TPSA) is 12.0 Å². The summed E-state index contributed by atoms with van der Waals surface area (Å²) in [7, 11) is 0. The standard InChI is InChI=1S/C16H21NS/c1-4-17-16(15-11-10-12(2)18-15)13(3)14-8-6-5-7-9-14/h5-11,13,16-17H,4H2,1-3H3. The highest BCUT2D eigenvalue weighted by molar-refractivity contribution is 7.12. The van der Waals surface area contributed by atoms with Crippen LogP contribution in [0.2, 0.25) is 0 Å². The molecule has 2 atom stereocenters. The maximum atomic E-state index is 3.62. The number of hydrogen-bond donors (Lipinski definition) is 1. The van der Waals surface area contributed by atoms with E-state index >= 15 is 0 Å². The Bertz CT molecular complexity index is 475. The minimum atomic E-state index is 0.413. The predicted molar refractivity (Wildman–Crippen MR) is 80.3 cm³/mol. The van der Waals surface area contributed by atoms with Crippen molar-refractivity contribution in [1.82, 2.24) is 5.32 Å². The normalized spacial score (nSPS) is 14.4. The molecule has 0 spiro atoms. The fourth-order valence-electron chi connectivity index (χ4n) is 2.31. The van der Waals surface area contributed by atoms with Gasteiger partial charge in [0.05, 0.1) is 0 Å². The molecule has 0 amide bonds. The maximum absolute atomic E-state index is 3.62. The van der Waals surface area contributed by atoms with E-state index in [0.717, 1.165) is 6.54 Å². The van der Waals surface area contributed by atoms with Crippen LogP contribution in [0.15, 0.2) is 42.5 Å². The van der Waals surface area contributed by atoms with Crippen LogP contribution in [-0.2, 0) is 0 Å². The van der Waals surface area contributed by atoms with Crippen LogP contribution in [0.3, 0.4) is 0 Å². The summed E-state index contributed by atoms with van der Waals surface area (Å²) >= 11 is 1.90. The number of hydrogen-bond acceptors (Lipinski definition) is 2. The van der Waals surface area contributed by atoms with Crippen molar-refractivity contribution in [2.24, 2.45) is 0 Å². The van der Waals surface area contributed by atoms with E-state index in [2.05, 4.69) is 68.6 Å². The smallest absolute Gasteiger partial charge is 0.0481 e. The second kappa shape index (κ2) is 6.17. The van der Waals surface area contributed by atoms with Crippen LogP contribution >= 0.6 is 11.3 Å². The van der Waals surface area contributed by atoms with Crippen molar-refractivity contribution in [3.63, 3.8) is 0 Å². The summed E-state index contributed by atoms with van der Waals surface area (Å²) in [4.78, 5) is 2.82. The van der Waals surface area contributed by atoms with Gasteiger partial charge in [0, 0.05) is 21.7 Å². The van der Waals surface area contributed by atoms with Gasteiger partial charge in [0.15, 0.2) is 0 Å². The van der Waals surface area contributed by atoms with Gasteiger partial charge in [-0.05, 0) is 31.2 Å². The summed E-state index contributed by atoms with van der Waals surface area (Å²) in [6, 6.07) is 15.6. The Balaban J connectivity index is 2.25. The quantitative estimate of drug-likeness (QED) is 0.833. The van der Waals surface area contributed by atoms with Gasteiger partial charge in [0.1, 0.15) is 0 Å². The minimum Gasteiger partial charge on any atom is -0.309 e. The Morgan fingerprint density at radius 2 is 1.83 bits per heavy atom. The van der Waals surface area contributed by atoms with Gasteiger partial charge in [-0.3, -0.25) is 0 Å². The SMILES string of the molecule is CCNC(c1ccc(C)s1)C(C)c1ccccc1. The molecule has 0 saturated heterocycles. The molecule has 2 unspecified atom stereocenters. The van der Waals surface area contributed by atoms with Crippen LogP contribution < -0.4 is 5.32 Å². The second-order valence-corrected chi connectivity index (χ2v) is 6.00. The molecule has 1 aromatic carbocycles. The van der Waals surface area contributed by atoms with E-state index in [9.17, 15) is 0 Å². The summed E-state index contributed by atoms with van der Waals surface area (Å²) in [5.41, 5.74) is 1.40. The van der Waals surface area contributed by atoms with Crippen molar-refractivity contribution in [1.29, 1.82) is 0 Å². The van der Waals surface area contributed by atoms with Gasteiger partial charge in [-0.15, -0.1) is 11.3 Å². The molecular formula is C16H21NS. The molecule has 0 radical (unpaired) electrons. The molecule has 1 N–H and O–H groups in total. The van der Waals surface area contributed by atoms with Gasteiger partial charge < -0.3 is 5.32 Å². The molecule has 1 aromatic heterocycles. The van der Waals surface area contributed by atoms with Crippen LogP contribution in [0, 0.1) is 6.92 Å².